The van der Waals surface area contributed by atoms with Crippen LogP contribution in [0.1, 0.15) is 20.8 Å². The van der Waals surface area contributed by atoms with Crippen LogP contribution in [0, 0.1) is 0 Å². The van der Waals surface area contributed by atoms with Crippen LogP contribution in [0.2, 0.25) is 0 Å². The number of rotatable bonds is 1. The topological polar surface area (TPSA) is 29.1 Å². The third-order valence-corrected chi connectivity index (χ3v) is 1.90. The third-order valence-electron chi connectivity index (χ3n) is 1.13. The molecule has 0 atom stereocenters. The number of amides is 1. The first-order valence-corrected chi connectivity index (χ1v) is 4.40. The lowest BCUT2D eigenvalue weighted by Gasteiger charge is -2.27. The van der Waals surface area contributed by atoms with Crippen LogP contribution in [0.3, 0.4) is 0 Å². The number of hydrogen-bond donors (Lipinski definition) is 1. The normalized spacial score (nSPS) is 14.0. The largest absolute Gasteiger partial charge is 0.430 e. The van der Waals surface area contributed by atoms with Crippen LogP contribution in [0.25, 0.3) is 0 Å². The molecule has 0 aromatic rings. The molecule has 2 nitrogen and oxygen atoms in total. The second kappa shape index (κ2) is 3.77. The average molecular weight is 252 g/mol. The van der Waals surface area contributed by atoms with Gasteiger partial charge in [-0.1, -0.05) is 23.2 Å². The van der Waals surface area contributed by atoms with E-state index in [-0.39, 0.29) is 0 Å². The highest BCUT2D eigenvalue weighted by Gasteiger charge is 2.59. The molecule has 0 unspecified atom stereocenters. The minimum absolute atomic E-state index is 0.822. The predicted molar refractivity (Wildman–Crippen MR) is 48.4 cm³/mol. The van der Waals surface area contributed by atoms with Crippen molar-refractivity contribution in [1.82, 2.24) is 5.32 Å². The van der Waals surface area contributed by atoms with Gasteiger partial charge in [0.1, 0.15) is 0 Å². The highest BCUT2D eigenvalue weighted by Crippen LogP contribution is 2.40. The molecule has 84 valence electrons. The van der Waals surface area contributed by atoms with Crippen molar-refractivity contribution in [2.45, 2.75) is 36.8 Å². The van der Waals surface area contributed by atoms with Gasteiger partial charge in [0, 0.05) is 5.54 Å². The molecule has 0 saturated carbocycles. The van der Waals surface area contributed by atoms with Gasteiger partial charge in [-0.05, 0) is 20.8 Å². The molecule has 0 saturated heterocycles. The molecule has 14 heavy (non-hydrogen) atoms. The van der Waals surface area contributed by atoms with Gasteiger partial charge in [-0.3, -0.25) is 4.79 Å². The lowest BCUT2D eigenvalue weighted by atomic mass is 10.1. The monoisotopic (exact) mass is 251 g/mol. The van der Waals surface area contributed by atoms with E-state index in [2.05, 4.69) is 0 Å². The average Bonchev–Trinajstić information content (AvgIpc) is 1.80. The smallest absolute Gasteiger partial charge is 0.349 e. The highest BCUT2D eigenvalue weighted by atomic mass is 35.5. The van der Waals surface area contributed by atoms with E-state index in [1.807, 2.05) is 5.32 Å². The maximum atomic E-state index is 12.1. The fourth-order valence-corrected chi connectivity index (χ4v) is 0.642. The van der Waals surface area contributed by atoms with E-state index in [1.165, 1.54) is 20.8 Å². The Labute approximate surface area is 89.7 Å². The van der Waals surface area contributed by atoms with Crippen LogP contribution in [0.4, 0.5) is 13.2 Å². The van der Waals surface area contributed by atoms with Crippen LogP contribution in [0.5, 0.6) is 0 Å². The minimum atomic E-state index is -4.99. The summed E-state index contributed by atoms with van der Waals surface area (Å²) in [6, 6.07) is 0. The van der Waals surface area contributed by atoms with Gasteiger partial charge in [-0.15, -0.1) is 0 Å². The van der Waals surface area contributed by atoms with E-state index in [0.717, 1.165) is 0 Å². The number of carbonyl (C=O) groups excluding carboxylic acids is 1. The summed E-state index contributed by atoms with van der Waals surface area (Å²) in [5.74, 6) is -1.47. The van der Waals surface area contributed by atoms with Gasteiger partial charge >= 0.3 is 6.18 Å². The van der Waals surface area contributed by atoms with E-state index in [9.17, 15) is 18.0 Å². The number of hydrogen-bond acceptors (Lipinski definition) is 1. The lowest BCUT2D eigenvalue weighted by Crippen LogP contribution is -2.54. The molecule has 0 aromatic heterocycles. The van der Waals surface area contributed by atoms with Crippen molar-refractivity contribution >= 4 is 29.1 Å². The number of carbonyl (C=O) groups is 1. The molecule has 0 bridgehead atoms. The van der Waals surface area contributed by atoms with Crippen LogP contribution in [-0.4, -0.2) is 22.0 Å². The summed E-state index contributed by atoms with van der Waals surface area (Å²) in [6.07, 6.45) is -4.99. The SMILES string of the molecule is CC(C)(C)NC(=O)C(Cl)(Cl)C(F)(F)F. The van der Waals surface area contributed by atoms with Gasteiger partial charge in [0.15, 0.2) is 0 Å². The molecule has 0 aliphatic rings. The molecular weight excluding hydrogens is 242 g/mol. The van der Waals surface area contributed by atoms with Crippen molar-refractivity contribution in [3.05, 3.63) is 0 Å². The summed E-state index contributed by atoms with van der Waals surface area (Å²) in [4.78, 5) is 11.0. The Morgan fingerprint density at radius 3 is 1.71 bits per heavy atom. The van der Waals surface area contributed by atoms with E-state index >= 15 is 0 Å². The summed E-state index contributed by atoms with van der Waals surface area (Å²) < 4.78 is 33.0. The molecule has 7 heteroatoms. The Morgan fingerprint density at radius 1 is 1.14 bits per heavy atom. The first-order chi connectivity index (χ1) is 5.88. The Bertz CT molecular complexity index is 232. The summed E-state index contributed by atoms with van der Waals surface area (Å²) in [7, 11) is 0. The molecule has 0 radical (unpaired) electrons. The molecule has 0 fully saturated rings. The van der Waals surface area contributed by atoms with Crippen molar-refractivity contribution < 1.29 is 18.0 Å². The summed E-state index contributed by atoms with van der Waals surface area (Å²) >= 11 is 9.79. The molecule has 0 spiro atoms. The minimum Gasteiger partial charge on any atom is -0.349 e. The van der Waals surface area contributed by atoms with Gasteiger partial charge in [0.2, 0.25) is 0 Å². The number of halogens is 5. The molecule has 0 aliphatic heterocycles. The molecule has 1 amide bonds. The van der Waals surface area contributed by atoms with Crippen LogP contribution in [0.15, 0.2) is 0 Å². The van der Waals surface area contributed by atoms with Crippen LogP contribution in [-0.2, 0) is 4.79 Å². The number of alkyl halides is 5. The first-order valence-electron chi connectivity index (χ1n) is 3.65. The van der Waals surface area contributed by atoms with E-state index in [4.69, 9.17) is 23.2 Å². The molecule has 0 heterocycles. The fraction of sp³-hybridized carbons (Fsp3) is 0.857. The Balaban J connectivity index is 4.70. The van der Waals surface area contributed by atoms with Gasteiger partial charge in [-0.25, -0.2) is 0 Å². The van der Waals surface area contributed by atoms with Crippen molar-refractivity contribution in [3.8, 4) is 0 Å². The molecule has 0 aromatic carbocycles. The molecular formula is C7H10Cl2F3NO. The predicted octanol–water partition coefficient (Wildman–Crippen LogP) is 2.64. The van der Waals surface area contributed by atoms with Crippen LogP contribution >= 0.6 is 23.2 Å². The van der Waals surface area contributed by atoms with E-state index in [1.54, 1.807) is 0 Å². The Kier molecular flexibility index (Phi) is 3.73. The third kappa shape index (κ3) is 3.53. The summed E-state index contributed by atoms with van der Waals surface area (Å²) in [5.41, 5.74) is -0.822. The van der Waals surface area contributed by atoms with Crippen molar-refractivity contribution in [2.24, 2.45) is 0 Å². The highest BCUT2D eigenvalue weighted by molar-refractivity contribution is 6.58. The Hall–Kier alpha value is -0.160. The van der Waals surface area contributed by atoms with E-state index in [0.29, 0.717) is 0 Å². The quantitative estimate of drug-likeness (QED) is 0.714. The first kappa shape index (κ1) is 13.8. The van der Waals surface area contributed by atoms with Gasteiger partial charge in [0.05, 0.1) is 0 Å². The van der Waals surface area contributed by atoms with Crippen LogP contribution < -0.4 is 5.32 Å². The zero-order valence-corrected chi connectivity index (χ0v) is 9.31. The summed E-state index contributed by atoms with van der Waals surface area (Å²) in [6.45, 7) is 4.56. The number of nitrogens with one attached hydrogen (secondary N) is 1. The lowest BCUT2D eigenvalue weighted by molar-refractivity contribution is -0.159. The fourth-order valence-electron chi connectivity index (χ4n) is 0.548. The molecule has 0 aliphatic carbocycles. The van der Waals surface area contributed by atoms with Crippen molar-refractivity contribution in [1.29, 1.82) is 0 Å². The second-order valence-electron chi connectivity index (χ2n) is 3.78. The second-order valence-corrected chi connectivity index (χ2v) is 5.10. The van der Waals surface area contributed by atoms with Gasteiger partial charge in [-0.2, -0.15) is 13.2 Å². The zero-order chi connectivity index (χ0) is 11.8. The standard InChI is InChI=1S/C7H10Cl2F3NO/c1-5(2,3)13-4(14)6(8,9)7(10,11)12/h1-3H3,(H,13,14). The van der Waals surface area contributed by atoms with Gasteiger partial charge in [0.25, 0.3) is 10.2 Å². The maximum absolute atomic E-state index is 12.1. The molecule has 1 N–H and O–H groups in total. The van der Waals surface area contributed by atoms with Gasteiger partial charge < -0.3 is 5.32 Å². The van der Waals surface area contributed by atoms with E-state index < -0.39 is 22.0 Å². The van der Waals surface area contributed by atoms with Crippen molar-refractivity contribution in [3.63, 3.8) is 0 Å². The van der Waals surface area contributed by atoms with Crippen molar-refractivity contribution in [2.75, 3.05) is 0 Å². The summed E-state index contributed by atoms with van der Waals surface area (Å²) in [5, 5.41) is 2.04. The maximum Gasteiger partial charge on any atom is 0.430 e. The molecule has 0 rings (SSSR count). The zero-order valence-electron chi connectivity index (χ0n) is 7.80. The Morgan fingerprint density at radius 2 is 1.50 bits per heavy atom.